The van der Waals surface area contributed by atoms with E-state index < -0.39 is 0 Å². The lowest BCUT2D eigenvalue weighted by Gasteiger charge is -2.58. The van der Waals surface area contributed by atoms with Crippen molar-refractivity contribution in [3.8, 4) is 0 Å². The normalized spacial score (nSPS) is 26.5. The summed E-state index contributed by atoms with van der Waals surface area (Å²) in [5, 5.41) is 5.95. The Morgan fingerprint density at radius 1 is 0.723 bits per heavy atom. The quantitative estimate of drug-likeness (QED) is 0.0440. The van der Waals surface area contributed by atoms with E-state index in [0.717, 1.165) is 86.9 Å². The van der Waals surface area contributed by atoms with E-state index in [0.29, 0.717) is 44.4 Å². The van der Waals surface area contributed by atoms with E-state index in [2.05, 4.69) is 58.3 Å². The maximum Gasteiger partial charge on any atom is 0.407 e. The van der Waals surface area contributed by atoms with Crippen molar-refractivity contribution < 1.29 is 19.1 Å². The van der Waals surface area contributed by atoms with Gasteiger partial charge in [-0.05, 0) is 124 Å². The molecule has 3 saturated carbocycles. The second-order valence-electron chi connectivity index (χ2n) is 22.9. The average molecular weight is 909 g/mol. The van der Waals surface area contributed by atoms with Gasteiger partial charge >= 0.3 is 6.09 Å². The highest BCUT2D eigenvalue weighted by Gasteiger charge is 2.59. The van der Waals surface area contributed by atoms with Gasteiger partial charge in [-0.1, -0.05) is 175 Å². The number of rotatable bonds is 34. The van der Waals surface area contributed by atoms with E-state index in [9.17, 15) is 14.4 Å². The maximum absolute atomic E-state index is 13.4. The van der Waals surface area contributed by atoms with Crippen molar-refractivity contribution in [2.45, 2.75) is 253 Å². The van der Waals surface area contributed by atoms with Crippen molar-refractivity contribution in [3.05, 3.63) is 11.6 Å². The number of hydrogen-bond donors (Lipinski definition) is 3. The van der Waals surface area contributed by atoms with E-state index in [1.807, 2.05) is 0 Å². The highest BCUT2D eigenvalue weighted by Crippen LogP contribution is 2.67. The number of nitrogens with two attached hydrogens (primary N) is 1. The van der Waals surface area contributed by atoms with Gasteiger partial charge in [0.15, 0.2) is 0 Å². The van der Waals surface area contributed by atoms with Gasteiger partial charge in [-0.15, -0.1) is 0 Å². The van der Waals surface area contributed by atoms with Crippen molar-refractivity contribution in [3.63, 3.8) is 0 Å². The number of fused-ring (bicyclic) bond motifs is 5. The summed E-state index contributed by atoms with van der Waals surface area (Å²) in [6.07, 6.45) is 40.9. The lowest BCUT2D eigenvalue weighted by Crippen LogP contribution is -2.51. The lowest BCUT2D eigenvalue weighted by atomic mass is 9.47. The third kappa shape index (κ3) is 18.4. The number of nitrogens with one attached hydrogen (secondary N) is 2. The van der Waals surface area contributed by atoms with Crippen LogP contribution in [0.5, 0.6) is 0 Å². The molecule has 8 atom stereocenters. The fraction of sp³-hybridized carbons (Fsp3) is 0.912. The number of ether oxygens (including phenoxy) is 1. The number of nitrogens with zero attached hydrogens (tertiary/aromatic N) is 1. The van der Waals surface area contributed by atoms with E-state index in [-0.39, 0.29) is 36.0 Å². The first kappa shape index (κ1) is 55.5. The highest BCUT2D eigenvalue weighted by molar-refractivity contribution is 5.84. The van der Waals surface area contributed by atoms with Gasteiger partial charge in [0.1, 0.15) is 6.10 Å². The molecular weight excluding hydrogens is 805 g/mol. The minimum absolute atomic E-state index is 0.0286. The number of unbranched alkanes of at least 4 members (excludes halogenated alkanes) is 17. The van der Waals surface area contributed by atoms with Gasteiger partial charge in [-0.25, -0.2) is 4.79 Å². The standard InChI is InChI=1S/C57H104N4O4/c1-7-8-9-10-11-12-13-14-15-16-17-18-19-20-21-22-23-30-54(63)61(44-53(62)59-40-25-24-39-58)42-27-41-60-55(64)65-48-35-37-56(5)47(43-48)31-32-49-51-34-33-50(46(4)29-26-28-45(2)3)57(51,6)38-36-52(49)56/h31,45-46,48-52H,7-30,32-44,58H2,1-6H3,(H,59,62)(H,60,64)/t46-,48+,49+,50-,51+,52+,56+,57-/m1/s1. The summed E-state index contributed by atoms with van der Waals surface area (Å²) in [6, 6.07) is 0. The predicted octanol–water partition coefficient (Wildman–Crippen LogP) is 14.2. The molecule has 0 aromatic heterocycles. The number of carbonyl (C=O) groups excluding carboxylic acids is 3. The second-order valence-corrected chi connectivity index (χ2v) is 22.9. The fourth-order valence-corrected chi connectivity index (χ4v) is 13.6. The molecule has 0 heterocycles. The topological polar surface area (TPSA) is 114 Å². The average Bonchev–Trinajstić information content (AvgIpc) is 3.64. The van der Waals surface area contributed by atoms with Gasteiger partial charge in [0.2, 0.25) is 11.8 Å². The molecule has 376 valence electrons. The molecule has 4 rings (SSSR count). The summed E-state index contributed by atoms with van der Waals surface area (Å²) in [4.78, 5) is 41.1. The molecule has 0 aliphatic heterocycles. The Morgan fingerprint density at radius 2 is 1.35 bits per heavy atom. The molecule has 4 aliphatic rings. The predicted molar refractivity (Wildman–Crippen MR) is 273 cm³/mol. The van der Waals surface area contributed by atoms with Gasteiger partial charge < -0.3 is 26.0 Å². The highest BCUT2D eigenvalue weighted by atomic mass is 16.6. The molecule has 0 bridgehead atoms. The zero-order chi connectivity index (χ0) is 46.9. The second kappa shape index (κ2) is 30.4. The molecule has 0 saturated heterocycles. The van der Waals surface area contributed by atoms with Crippen LogP contribution in [0.2, 0.25) is 0 Å². The summed E-state index contributed by atoms with van der Waals surface area (Å²) in [5.74, 6) is 4.80. The third-order valence-electron chi connectivity index (χ3n) is 17.5. The molecule has 8 heteroatoms. The van der Waals surface area contributed by atoms with Crippen LogP contribution in [0.1, 0.15) is 247 Å². The monoisotopic (exact) mass is 909 g/mol. The van der Waals surface area contributed by atoms with Crippen LogP contribution in [-0.2, 0) is 14.3 Å². The lowest BCUT2D eigenvalue weighted by molar-refractivity contribution is -0.136. The van der Waals surface area contributed by atoms with Crippen molar-refractivity contribution in [2.24, 2.45) is 52.1 Å². The van der Waals surface area contributed by atoms with Crippen molar-refractivity contribution in [1.82, 2.24) is 15.5 Å². The third-order valence-corrected chi connectivity index (χ3v) is 17.5. The Morgan fingerprint density at radius 3 is 1.98 bits per heavy atom. The number of hydrogen-bond acceptors (Lipinski definition) is 5. The summed E-state index contributed by atoms with van der Waals surface area (Å²) < 4.78 is 6.08. The molecule has 0 spiro atoms. The molecule has 0 radical (unpaired) electrons. The Bertz CT molecular complexity index is 1380. The molecule has 3 fully saturated rings. The van der Waals surface area contributed by atoms with Crippen LogP contribution in [0, 0.1) is 46.3 Å². The van der Waals surface area contributed by atoms with Gasteiger partial charge in [0.05, 0.1) is 6.54 Å². The first-order valence-electron chi connectivity index (χ1n) is 28.3. The summed E-state index contributed by atoms with van der Waals surface area (Å²) in [6.45, 7) is 16.9. The Balaban J connectivity index is 1.13. The Hall–Kier alpha value is -2.09. The molecule has 0 aromatic carbocycles. The minimum atomic E-state index is -0.361. The minimum Gasteiger partial charge on any atom is -0.446 e. The number of amides is 3. The fourth-order valence-electron chi connectivity index (χ4n) is 13.6. The molecule has 65 heavy (non-hydrogen) atoms. The van der Waals surface area contributed by atoms with Crippen LogP contribution in [-0.4, -0.2) is 61.6 Å². The van der Waals surface area contributed by atoms with Crippen LogP contribution in [0.15, 0.2) is 11.6 Å². The van der Waals surface area contributed by atoms with Crippen LogP contribution < -0.4 is 16.4 Å². The molecule has 4 N–H and O–H groups in total. The Labute approximate surface area is 400 Å². The van der Waals surface area contributed by atoms with Crippen molar-refractivity contribution in [1.29, 1.82) is 0 Å². The van der Waals surface area contributed by atoms with E-state index in [1.165, 1.54) is 147 Å². The van der Waals surface area contributed by atoms with Crippen molar-refractivity contribution in [2.75, 3.05) is 32.7 Å². The van der Waals surface area contributed by atoms with Crippen LogP contribution in [0.4, 0.5) is 4.79 Å². The van der Waals surface area contributed by atoms with Crippen molar-refractivity contribution >= 4 is 17.9 Å². The molecular formula is C57H104N4O4. The SMILES string of the molecule is CCCCCCCCCCCCCCCCCCCC(=O)N(CCCNC(=O)O[C@H]1CC[C@@]2(C)C(=CC[C@H]3[C@@H]4CC[C@H]([C@H](C)CCCC(C)C)[C@@]4(C)CC[C@@H]32)C1)CC(=O)NCCCCN. The smallest absolute Gasteiger partial charge is 0.407 e. The van der Waals surface area contributed by atoms with Crippen LogP contribution in [0.25, 0.3) is 0 Å². The summed E-state index contributed by atoms with van der Waals surface area (Å²) in [7, 11) is 0. The largest absolute Gasteiger partial charge is 0.446 e. The molecule has 8 nitrogen and oxygen atoms in total. The molecule has 0 aromatic rings. The van der Waals surface area contributed by atoms with Crippen LogP contribution >= 0.6 is 0 Å². The first-order chi connectivity index (χ1) is 31.4. The first-order valence-corrected chi connectivity index (χ1v) is 28.3. The van der Waals surface area contributed by atoms with Gasteiger partial charge in [-0.2, -0.15) is 0 Å². The summed E-state index contributed by atoms with van der Waals surface area (Å²) >= 11 is 0. The number of alkyl carbamates (subject to hydrolysis) is 1. The van der Waals surface area contributed by atoms with E-state index in [1.54, 1.807) is 4.90 Å². The van der Waals surface area contributed by atoms with Gasteiger partial charge in [0, 0.05) is 32.5 Å². The Kier molecular flexibility index (Phi) is 26.0. The van der Waals surface area contributed by atoms with Crippen LogP contribution in [0.3, 0.4) is 0 Å². The zero-order valence-electron chi connectivity index (χ0n) is 43.4. The molecule has 4 aliphatic carbocycles. The van der Waals surface area contributed by atoms with Gasteiger partial charge in [0.25, 0.3) is 0 Å². The molecule has 3 amide bonds. The van der Waals surface area contributed by atoms with Gasteiger partial charge in [-0.3, -0.25) is 9.59 Å². The number of carbonyl (C=O) groups is 3. The summed E-state index contributed by atoms with van der Waals surface area (Å²) in [5.41, 5.74) is 7.89. The van der Waals surface area contributed by atoms with E-state index >= 15 is 0 Å². The maximum atomic E-state index is 13.4. The molecule has 0 unspecified atom stereocenters. The zero-order valence-corrected chi connectivity index (χ0v) is 43.4. The number of allylic oxidation sites excluding steroid dienone is 1. The van der Waals surface area contributed by atoms with E-state index in [4.69, 9.17) is 10.5 Å².